The zero-order valence-corrected chi connectivity index (χ0v) is 11.5. The summed E-state index contributed by atoms with van der Waals surface area (Å²) in [6.45, 7) is 13.2. The van der Waals surface area contributed by atoms with Gasteiger partial charge in [-0.25, -0.2) is 0 Å². The van der Waals surface area contributed by atoms with Gasteiger partial charge in [-0.2, -0.15) is 0 Å². The Morgan fingerprint density at radius 2 is 1.56 bits per heavy atom. The summed E-state index contributed by atoms with van der Waals surface area (Å²) < 4.78 is 0. The molecule has 0 spiro atoms. The Morgan fingerprint density at radius 3 is 1.94 bits per heavy atom. The van der Waals surface area contributed by atoms with E-state index in [2.05, 4.69) is 51.5 Å². The second-order valence-electron chi connectivity index (χ2n) is 6.70. The van der Waals surface area contributed by atoms with Gasteiger partial charge < -0.3 is 0 Å². The van der Waals surface area contributed by atoms with Gasteiger partial charge in [0, 0.05) is 17.8 Å². The van der Waals surface area contributed by atoms with Crippen molar-refractivity contribution >= 4 is 0 Å². The van der Waals surface area contributed by atoms with Gasteiger partial charge in [0.25, 0.3) is 0 Å². The van der Waals surface area contributed by atoms with Crippen molar-refractivity contribution < 1.29 is 0 Å². The average molecular weight is 220 g/mol. The fraction of sp³-hybridized carbons (Fsp3) is 0.714. The molecule has 0 amide bonds. The zero-order chi connectivity index (χ0) is 12.4. The van der Waals surface area contributed by atoms with Crippen LogP contribution in [0, 0.1) is 5.41 Å². The van der Waals surface area contributed by atoms with Crippen molar-refractivity contribution in [3.05, 3.63) is 23.8 Å². The first-order valence-corrected chi connectivity index (χ1v) is 6.00. The van der Waals surface area contributed by atoms with Crippen LogP contribution in [0.25, 0.3) is 0 Å². The van der Waals surface area contributed by atoms with Crippen LogP contribution in [0.5, 0.6) is 0 Å². The number of hydrogen-bond acceptors (Lipinski definition) is 2. The van der Waals surface area contributed by atoms with E-state index in [4.69, 9.17) is 0 Å². The van der Waals surface area contributed by atoms with Crippen LogP contribution in [0.3, 0.4) is 0 Å². The second-order valence-corrected chi connectivity index (χ2v) is 6.70. The summed E-state index contributed by atoms with van der Waals surface area (Å²) in [7, 11) is 0. The highest BCUT2D eigenvalue weighted by Crippen LogP contribution is 2.22. The smallest absolute Gasteiger partial charge is 0.0640 e. The van der Waals surface area contributed by atoms with Crippen LogP contribution in [0.2, 0.25) is 0 Å². The molecule has 1 aromatic rings. The van der Waals surface area contributed by atoms with E-state index in [1.54, 1.807) is 0 Å². The standard InChI is InChI=1S/C14H24N2/c1-13(2,3)8-7-11-9-16-12(10-15-11)14(4,5)6/h9-10H,7-8H2,1-6H3. The van der Waals surface area contributed by atoms with Gasteiger partial charge in [-0.1, -0.05) is 41.5 Å². The van der Waals surface area contributed by atoms with Crippen molar-refractivity contribution in [3.63, 3.8) is 0 Å². The van der Waals surface area contributed by atoms with Gasteiger partial charge in [0.05, 0.1) is 11.4 Å². The molecule has 16 heavy (non-hydrogen) atoms. The first kappa shape index (κ1) is 13.1. The van der Waals surface area contributed by atoms with Crippen LogP contribution in [-0.2, 0) is 11.8 Å². The summed E-state index contributed by atoms with van der Waals surface area (Å²) in [4.78, 5) is 8.97. The van der Waals surface area contributed by atoms with Crippen LogP contribution in [0.1, 0.15) is 59.4 Å². The first-order chi connectivity index (χ1) is 7.18. The maximum atomic E-state index is 4.49. The minimum Gasteiger partial charge on any atom is -0.258 e. The number of rotatable bonds is 2. The van der Waals surface area contributed by atoms with Crippen LogP contribution in [-0.4, -0.2) is 9.97 Å². The molecule has 2 heteroatoms. The molecule has 90 valence electrons. The van der Waals surface area contributed by atoms with Gasteiger partial charge in [-0.3, -0.25) is 9.97 Å². The Morgan fingerprint density at radius 1 is 0.938 bits per heavy atom. The van der Waals surface area contributed by atoms with Crippen molar-refractivity contribution in [2.45, 2.75) is 59.8 Å². The van der Waals surface area contributed by atoms with Gasteiger partial charge in [-0.05, 0) is 18.3 Å². The van der Waals surface area contributed by atoms with Crippen LogP contribution >= 0.6 is 0 Å². The maximum Gasteiger partial charge on any atom is 0.0640 e. The molecular weight excluding hydrogens is 196 g/mol. The van der Waals surface area contributed by atoms with Crippen LogP contribution in [0.4, 0.5) is 0 Å². The Labute approximate surface area is 99.5 Å². The molecular formula is C14H24N2. The van der Waals surface area contributed by atoms with Gasteiger partial charge in [0.1, 0.15) is 0 Å². The molecule has 0 bridgehead atoms. The number of nitrogens with zero attached hydrogens (tertiary/aromatic N) is 2. The lowest BCUT2D eigenvalue weighted by atomic mass is 9.89. The van der Waals surface area contributed by atoms with E-state index in [1.807, 2.05) is 12.4 Å². The molecule has 0 aliphatic carbocycles. The molecule has 1 aromatic heterocycles. The van der Waals surface area contributed by atoms with Crippen molar-refractivity contribution in [1.82, 2.24) is 9.97 Å². The fourth-order valence-electron chi connectivity index (χ4n) is 1.37. The van der Waals surface area contributed by atoms with E-state index in [-0.39, 0.29) is 5.41 Å². The molecule has 0 N–H and O–H groups in total. The lowest BCUT2D eigenvalue weighted by molar-refractivity contribution is 0.376. The molecule has 1 rings (SSSR count). The topological polar surface area (TPSA) is 25.8 Å². The van der Waals surface area contributed by atoms with Gasteiger partial charge in [0.15, 0.2) is 0 Å². The molecule has 0 atom stereocenters. The molecule has 0 saturated carbocycles. The predicted octanol–water partition coefficient (Wildman–Crippen LogP) is 3.75. The highest BCUT2D eigenvalue weighted by molar-refractivity contribution is 5.10. The quantitative estimate of drug-likeness (QED) is 0.758. The molecule has 2 nitrogen and oxygen atoms in total. The number of aryl methyl sites for hydroxylation is 1. The summed E-state index contributed by atoms with van der Waals surface area (Å²) >= 11 is 0. The second kappa shape index (κ2) is 4.52. The molecule has 0 radical (unpaired) electrons. The Bertz CT molecular complexity index is 325. The molecule has 0 fully saturated rings. The third kappa shape index (κ3) is 4.30. The molecule has 1 heterocycles. The van der Waals surface area contributed by atoms with E-state index in [0.29, 0.717) is 5.41 Å². The van der Waals surface area contributed by atoms with Crippen molar-refractivity contribution in [1.29, 1.82) is 0 Å². The summed E-state index contributed by atoms with van der Waals surface area (Å²) in [5.41, 5.74) is 2.62. The molecule has 0 aliphatic heterocycles. The Balaban J connectivity index is 2.66. The third-order valence-corrected chi connectivity index (χ3v) is 2.60. The molecule has 0 unspecified atom stereocenters. The number of aromatic nitrogens is 2. The lowest BCUT2D eigenvalue weighted by Crippen LogP contribution is -2.14. The summed E-state index contributed by atoms with van der Waals surface area (Å²) in [6, 6.07) is 0. The van der Waals surface area contributed by atoms with Gasteiger partial charge >= 0.3 is 0 Å². The Hall–Kier alpha value is -0.920. The van der Waals surface area contributed by atoms with Crippen LogP contribution < -0.4 is 0 Å². The van der Waals surface area contributed by atoms with Crippen molar-refractivity contribution in [2.75, 3.05) is 0 Å². The first-order valence-electron chi connectivity index (χ1n) is 6.00. The van der Waals surface area contributed by atoms with E-state index in [1.165, 1.54) is 0 Å². The normalized spacial score (nSPS) is 12.9. The summed E-state index contributed by atoms with van der Waals surface area (Å²) in [5, 5.41) is 0. The maximum absolute atomic E-state index is 4.49. The van der Waals surface area contributed by atoms with Gasteiger partial charge in [-0.15, -0.1) is 0 Å². The monoisotopic (exact) mass is 220 g/mol. The minimum absolute atomic E-state index is 0.0928. The van der Waals surface area contributed by atoms with Gasteiger partial charge in [0.2, 0.25) is 0 Å². The number of hydrogen-bond donors (Lipinski definition) is 0. The van der Waals surface area contributed by atoms with E-state index >= 15 is 0 Å². The van der Waals surface area contributed by atoms with E-state index in [0.717, 1.165) is 24.2 Å². The minimum atomic E-state index is 0.0928. The molecule has 0 saturated heterocycles. The SMILES string of the molecule is CC(C)(C)CCc1cnc(C(C)(C)C)cn1. The molecule has 0 aliphatic rings. The lowest BCUT2D eigenvalue weighted by Gasteiger charge is -2.19. The predicted molar refractivity (Wildman–Crippen MR) is 68.5 cm³/mol. The third-order valence-electron chi connectivity index (χ3n) is 2.60. The van der Waals surface area contributed by atoms with E-state index < -0.39 is 0 Å². The zero-order valence-electron chi connectivity index (χ0n) is 11.5. The largest absolute Gasteiger partial charge is 0.258 e. The molecule has 0 aromatic carbocycles. The fourth-order valence-corrected chi connectivity index (χ4v) is 1.37. The summed E-state index contributed by atoms with van der Waals surface area (Å²) in [6.07, 6.45) is 6.00. The van der Waals surface area contributed by atoms with Crippen LogP contribution in [0.15, 0.2) is 12.4 Å². The average Bonchev–Trinajstić information content (AvgIpc) is 2.13. The summed E-state index contributed by atoms with van der Waals surface area (Å²) in [5.74, 6) is 0. The van der Waals surface area contributed by atoms with E-state index in [9.17, 15) is 0 Å². The highest BCUT2D eigenvalue weighted by Gasteiger charge is 2.16. The van der Waals surface area contributed by atoms with Crippen molar-refractivity contribution in [3.8, 4) is 0 Å². The Kier molecular flexibility index (Phi) is 3.72. The van der Waals surface area contributed by atoms with Crippen molar-refractivity contribution in [2.24, 2.45) is 5.41 Å². The highest BCUT2D eigenvalue weighted by atomic mass is 14.8.